The quantitative estimate of drug-likeness (QED) is 0.0954. The highest BCUT2D eigenvalue weighted by atomic mass is 79.9. The normalized spacial score (nSPS) is 12.8. The van der Waals surface area contributed by atoms with Crippen LogP contribution in [0.15, 0.2) is 115 Å². The third-order valence-electron chi connectivity index (χ3n) is 7.74. The predicted molar refractivity (Wildman–Crippen MR) is 183 cm³/mol. The van der Waals surface area contributed by atoms with Crippen LogP contribution in [-0.4, -0.2) is 18.9 Å². The molecule has 0 saturated heterocycles. The highest BCUT2D eigenvalue weighted by molar-refractivity contribution is 9.11. The molecule has 0 amide bonds. The lowest BCUT2D eigenvalue weighted by Gasteiger charge is -2.35. The van der Waals surface area contributed by atoms with Crippen molar-refractivity contribution in [2.24, 2.45) is 0 Å². The second-order valence-electron chi connectivity index (χ2n) is 10.1. The minimum Gasteiger partial charge on any atom is -0.494 e. The van der Waals surface area contributed by atoms with Crippen LogP contribution >= 0.6 is 63.7 Å². The molecule has 1 aliphatic carbocycles. The molecule has 5 aromatic carbocycles. The van der Waals surface area contributed by atoms with Crippen LogP contribution in [0, 0.1) is 0 Å². The molecule has 5 aromatic rings. The summed E-state index contributed by atoms with van der Waals surface area (Å²) in [6.45, 7) is 1.49. The van der Waals surface area contributed by atoms with Crippen LogP contribution < -0.4 is 9.47 Å². The van der Waals surface area contributed by atoms with E-state index in [0.717, 1.165) is 42.3 Å². The first-order valence-electron chi connectivity index (χ1n) is 13.2. The van der Waals surface area contributed by atoms with Crippen LogP contribution in [0.25, 0.3) is 11.1 Å². The summed E-state index contributed by atoms with van der Waals surface area (Å²) in [7, 11) is 1.65. The van der Waals surface area contributed by atoms with Crippen molar-refractivity contribution < 1.29 is 19.1 Å². The molecule has 6 rings (SSSR count). The van der Waals surface area contributed by atoms with Gasteiger partial charge in [-0.25, -0.2) is 4.79 Å². The van der Waals surface area contributed by atoms with Crippen LogP contribution in [0.1, 0.15) is 49.9 Å². The van der Waals surface area contributed by atoms with Crippen LogP contribution in [0.3, 0.4) is 0 Å². The number of ether oxygens (including phenoxy) is 2. The first-order valence-corrected chi connectivity index (χ1v) is 16.4. The maximum atomic E-state index is 13.1. The average molecular weight is 826 g/mol. The van der Waals surface area contributed by atoms with Gasteiger partial charge in [-0.2, -0.15) is 0 Å². The zero-order valence-electron chi connectivity index (χ0n) is 22.9. The molecule has 0 N–H and O–H groups in total. The SMILES string of the molecule is COc1c(Br)cc(C2(c3cc(Br)c(OC(=O)c4ccc(C(C)=O)cc4)c(Br)c3)c3ccccc3-c3ccccc32)cc1Br. The summed E-state index contributed by atoms with van der Waals surface area (Å²) in [6, 6.07) is 31.5. The Kier molecular flexibility index (Phi) is 8.24. The summed E-state index contributed by atoms with van der Waals surface area (Å²) in [4.78, 5) is 24.8. The van der Waals surface area contributed by atoms with Crippen molar-refractivity contribution in [1.29, 1.82) is 0 Å². The van der Waals surface area contributed by atoms with E-state index in [4.69, 9.17) is 9.47 Å². The number of carbonyl (C=O) groups excluding carboxylic acids is 2. The molecular weight excluding hydrogens is 804 g/mol. The Morgan fingerprint density at radius 3 is 1.47 bits per heavy atom. The van der Waals surface area contributed by atoms with Crippen molar-refractivity contribution in [2.45, 2.75) is 12.3 Å². The first-order chi connectivity index (χ1) is 20.7. The van der Waals surface area contributed by atoms with Gasteiger partial charge in [0.2, 0.25) is 0 Å². The molecule has 214 valence electrons. The second-order valence-corrected chi connectivity index (χ2v) is 13.5. The molecule has 0 radical (unpaired) electrons. The first kappa shape index (κ1) is 30.0. The molecule has 0 spiro atoms. The Labute approximate surface area is 282 Å². The van der Waals surface area contributed by atoms with E-state index < -0.39 is 11.4 Å². The molecule has 0 aromatic heterocycles. The number of hydrogen-bond donors (Lipinski definition) is 0. The monoisotopic (exact) mass is 822 g/mol. The summed E-state index contributed by atoms with van der Waals surface area (Å²) in [5.74, 6) is 0.468. The Bertz CT molecular complexity index is 1840. The molecule has 0 aliphatic heterocycles. The maximum absolute atomic E-state index is 13.1. The number of halogens is 4. The van der Waals surface area contributed by atoms with Crippen molar-refractivity contribution in [3.8, 4) is 22.6 Å². The number of fused-ring (bicyclic) bond motifs is 3. The van der Waals surface area contributed by atoms with Gasteiger partial charge in [0.15, 0.2) is 11.5 Å². The number of hydrogen-bond acceptors (Lipinski definition) is 4. The number of Topliss-reactive ketones (excluding diaryl/α,β-unsaturated/α-hetero) is 1. The predicted octanol–water partition coefficient (Wildman–Crippen LogP) is 10.5. The Hall–Kier alpha value is -3.04. The standard InChI is InChI=1S/C35H22Br4O4/c1-19(40)20-11-13-21(14-12-20)34(41)43-33-30(38)17-23(18-31(33)39)35(22-15-28(36)32(42-2)29(37)16-22)26-9-5-3-7-24(26)25-8-4-6-10-27(25)35/h3-18H,1-2H3. The highest BCUT2D eigenvalue weighted by Crippen LogP contribution is 2.58. The van der Waals surface area contributed by atoms with Gasteiger partial charge in [0.25, 0.3) is 0 Å². The highest BCUT2D eigenvalue weighted by Gasteiger charge is 2.47. The lowest BCUT2D eigenvalue weighted by Crippen LogP contribution is -2.29. The third kappa shape index (κ3) is 5.02. The zero-order valence-corrected chi connectivity index (χ0v) is 29.2. The fourth-order valence-corrected chi connectivity index (χ4v) is 8.72. The molecule has 4 nitrogen and oxygen atoms in total. The number of carbonyl (C=O) groups is 2. The van der Waals surface area contributed by atoms with Crippen LogP contribution in [0.5, 0.6) is 11.5 Å². The summed E-state index contributed by atoms with van der Waals surface area (Å²) < 4.78 is 14.4. The van der Waals surface area contributed by atoms with Gasteiger partial charge in [0.1, 0.15) is 5.75 Å². The molecular formula is C35H22Br4O4. The minimum atomic E-state index is -0.708. The lowest BCUT2D eigenvalue weighted by molar-refractivity contribution is 0.0731. The van der Waals surface area contributed by atoms with Gasteiger partial charge < -0.3 is 9.47 Å². The fraction of sp³-hybridized carbons (Fsp3) is 0.0857. The summed E-state index contributed by atoms with van der Waals surface area (Å²) in [5, 5.41) is 0. The van der Waals surface area contributed by atoms with Gasteiger partial charge in [0.05, 0.1) is 36.0 Å². The molecule has 43 heavy (non-hydrogen) atoms. The molecule has 1 aliphatic rings. The Morgan fingerprint density at radius 2 is 1.02 bits per heavy atom. The maximum Gasteiger partial charge on any atom is 0.343 e. The van der Waals surface area contributed by atoms with Crippen molar-refractivity contribution in [1.82, 2.24) is 0 Å². The van der Waals surface area contributed by atoms with E-state index in [0.29, 0.717) is 31.6 Å². The van der Waals surface area contributed by atoms with Gasteiger partial charge in [-0.15, -0.1) is 0 Å². The van der Waals surface area contributed by atoms with Gasteiger partial charge in [-0.05, 0) is 140 Å². The molecule has 0 saturated carbocycles. The van der Waals surface area contributed by atoms with E-state index in [2.05, 4.69) is 124 Å². The smallest absolute Gasteiger partial charge is 0.343 e. The molecule has 8 heteroatoms. The van der Waals surface area contributed by atoms with Gasteiger partial charge in [0, 0.05) is 5.56 Å². The summed E-state index contributed by atoms with van der Waals surface area (Å²) in [6.07, 6.45) is 0. The molecule has 0 unspecified atom stereocenters. The van der Waals surface area contributed by atoms with Gasteiger partial charge >= 0.3 is 5.97 Å². The number of benzene rings is 5. The number of esters is 1. The summed E-state index contributed by atoms with van der Waals surface area (Å²) >= 11 is 14.9. The van der Waals surface area contributed by atoms with E-state index >= 15 is 0 Å². The van der Waals surface area contributed by atoms with Gasteiger partial charge in [-0.1, -0.05) is 60.7 Å². The Morgan fingerprint density at radius 1 is 0.605 bits per heavy atom. The van der Waals surface area contributed by atoms with Crippen LogP contribution in [-0.2, 0) is 5.41 Å². The number of ketones is 1. The van der Waals surface area contributed by atoms with E-state index in [1.807, 2.05) is 12.1 Å². The average Bonchev–Trinajstić information content (AvgIpc) is 3.30. The zero-order chi connectivity index (χ0) is 30.5. The lowest BCUT2D eigenvalue weighted by atomic mass is 9.67. The molecule has 0 bridgehead atoms. The van der Waals surface area contributed by atoms with Gasteiger partial charge in [-0.3, -0.25) is 4.79 Å². The van der Waals surface area contributed by atoms with E-state index in [1.54, 1.807) is 31.4 Å². The van der Waals surface area contributed by atoms with Crippen LogP contribution in [0.4, 0.5) is 0 Å². The van der Waals surface area contributed by atoms with E-state index in [9.17, 15) is 9.59 Å². The third-order valence-corrected chi connectivity index (χ3v) is 10.1. The van der Waals surface area contributed by atoms with Crippen molar-refractivity contribution >= 4 is 75.5 Å². The number of rotatable bonds is 6. The fourth-order valence-electron chi connectivity index (χ4n) is 5.86. The Balaban J connectivity index is 1.54. The topological polar surface area (TPSA) is 52.6 Å². The second kappa shape index (κ2) is 11.8. The van der Waals surface area contributed by atoms with E-state index in [-0.39, 0.29) is 5.78 Å². The molecule has 0 fully saturated rings. The summed E-state index contributed by atoms with van der Waals surface area (Å²) in [5.41, 5.74) is 6.73. The largest absolute Gasteiger partial charge is 0.494 e. The van der Waals surface area contributed by atoms with Crippen molar-refractivity contribution in [3.05, 3.63) is 148 Å². The van der Waals surface area contributed by atoms with Crippen LogP contribution in [0.2, 0.25) is 0 Å². The van der Waals surface area contributed by atoms with E-state index in [1.165, 1.54) is 6.92 Å². The molecule has 0 heterocycles. The molecule has 0 atom stereocenters. The number of methoxy groups -OCH3 is 1. The van der Waals surface area contributed by atoms with Crippen molar-refractivity contribution in [3.63, 3.8) is 0 Å². The van der Waals surface area contributed by atoms with Crippen molar-refractivity contribution in [2.75, 3.05) is 7.11 Å². The minimum absolute atomic E-state index is 0.0686.